The third-order valence-corrected chi connectivity index (χ3v) is 6.71. The minimum absolute atomic E-state index is 0.116. The van der Waals surface area contributed by atoms with E-state index in [0.717, 1.165) is 12.8 Å². The quantitative estimate of drug-likeness (QED) is 0.526. The Morgan fingerprint density at radius 3 is 2.39 bits per heavy atom. The molecule has 0 N–H and O–H groups in total. The number of hydrogen-bond acceptors (Lipinski definition) is 4. The third-order valence-electron chi connectivity index (χ3n) is 3.67. The third kappa shape index (κ3) is 2.34. The smallest absolute Gasteiger partial charge is 0.308 e. The molecule has 0 aromatic heterocycles. The maximum atomic E-state index is 13.0. The number of ketones is 1. The van der Waals surface area contributed by atoms with Crippen LogP contribution in [-0.4, -0.2) is 24.2 Å². The molecule has 1 aliphatic carbocycles. The first-order valence-corrected chi connectivity index (χ1v) is 8.05. The molecule has 0 saturated heterocycles. The summed E-state index contributed by atoms with van der Waals surface area (Å²) in [5.74, 6) is -0.242. The van der Waals surface area contributed by atoms with Crippen LogP contribution in [0.15, 0.2) is 12.7 Å². The Morgan fingerprint density at radius 1 is 1.44 bits per heavy atom. The lowest BCUT2D eigenvalue weighted by Gasteiger charge is -2.37. The first kappa shape index (κ1) is 15.6. The normalized spacial score (nSPS) is 28.3. The van der Waals surface area contributed by atoms with Gasteiger partial charge >= 0.3 is 7.60 Å². The van der Waals surface area contributed by atoms with E-state index in [-0.39, 0.29) is 24.9 Å². The summed E-state index contributed by atoms with van der Waals surface area (Å²) < 4.78 is 23.9. The second-order valence-corrected chi connectivity index (χ2v) is 6.86. The average molecular weight is 274 g/mol. The lowest BCUT2D eigenvalue weighted by molar-refractivity contribution is -0.120. The molecule has 0 aromatic carbocycles. The molecule has 18 heavy (non-hydrogen) atoms. The standard InChI is InChI=1S/C13H23O4P/c1-5-12-9-8-10-13(12,11(4)14)18(15,16-6-2)17-7-3/h5,12H,1,6-10H2,2-4H3/t12-,13+/m1/s1. The molecule has 0 heterocycles. The maximum Gasteiger partial charge on any atom is 0.344 e. The fraction of sp³-hybridized carbons (Fsp3) is 0.769. The lowest BCUT2D eigenvalue weighted by Crippen LogP contribution is -2.41. The van der Waals surface area contributed by atoms with Crippen LogP contribution in [0, 0.1) is 5.92 Å². The van der Waals surface area contributed by atoms with Crippen LogP contribution >= 0.6 is 7.60 Å². The van der Waals surface area contributed by atoms with E-state index in [0.29, 0.717) is 6.42 Å². The van der Waals surface area contributed by atoms with Gasteiger partial charge in [-0.25, -0.2) is 0 Å². The van der Waals surface area contributed by atoms with Gasteiger partial charge in [0.2, 0.25) is 0 Å². The first-order chi connectivity index (χ1) is 8.48. The largest absolute Gasteiger partial charge is 0.344 e. The zero-order valence-electron chi connectivity index (χ0n) is 11.5. The van der Waals surface area contributed by atoms with Gasteiger partial charge in [0.25, 0.3) is 0 Å². The summed E-state index contributed by atoms with van der Waals surface area (Å²) in [4.78, 5) is 12.2. The van der Waals surface area contributed by atoms with Gasteiger partial charge in [0, 0.05) is 5.92 Å². The molecule has 5 heteroatoms. The van der Waals surface area contributed by atoms with Gasteiger partial charge in [0.1, 0.15) is 10.9 Å². The van der Waals surface area contributed by atoms with E-state index in [4.69, 9.17) is 9.05 Å². The number of allylic oxidation sites excluding steroid dienone is 1. The van der Waals surface area contributed by atoms with E-state index >= 15 is 0 Å². The monoisotopic (exact) mass is 274 g/mol. The van der Waals surface area contributed by atoms with Crippen molar-refractivity contribution in [2.45, 2.75) is 45.2 Å². The second-order valence-electron chi connectivity index (χ2n) is 4.55. The number of carbonyl (C=O) groups excluding carboxylic acids is 1. The number of hydrogen-bond donors (Lipinski definition) is 0. The predicted molar refractivity (Wildman–Crippen MR) is 71.8 cm³/mol. The summed E-state index contributed by atoms with van der Waals surface area (Å²) in [5, 5.41) is -1.03. The molecular weight excluding hydrogens is 251 g/mol. The van der Waals surface area contributed by atoms with Crippen LogP contribution in [-0.2, 0) is 18.4 Å². The molecule has 0 radical (unpaired) electrons. The van der Waals surface area contributed by atoms with Crippen LogP contribution in [0.2, 0.25) is 0 Å². The molecule has 0 amide bonds. The highest BCUT2D eigenvalue weighted by molar-refractivity contribution is 7.57. The van der Waals surface area contributed by atoms with Gasteiger partial charge in [-0.05, 0) is 33.6 Å². The topological polar surface area (TPSA) is 52.6 Å². The van der Waals surface area contributed by atoms with Crippen molar-refractivity contribution in [2.24, 2.45) is 5.92 Å². The Hall–Kier alpha value is -0.440. The zero-order chi connectivity index (χ0) is 13.8. The van der Waals surface area contributed by atoms with Crippen LogP contribution in [0.4, 0.5) is 0 Å². The predicted octanol–water partition coefficient (Wildman–Crippen LogP) is 3.57. The van der Waals surface area contributed by atoms with Crippen LogP contribution in [0.3, 0.4) is 0 Å². The second kappa shape index (κ2) is 6.14. The Balaban J connectivity index is 3.28. The summed E-state index contributed by atoms with van der Waals surface area (Å²) >= 11 is 0. The number of Topliss-reactive ketones (excluding diaryl/α,β-unsaturated/α-hetero) is 1. The van der Waals surface area contributed by atoms with E-state index < -0.39 is 12.8 Å². The summed E-state index contributed by atoms with van der Waals surface area (Å²) in [7, 11) is -3.45. The lowest BCUT2D eigenvalue weighted by atomic mass is 9.91. The number of carbonyl (C=O) groups is 1. The molecule has 0 unspecified atom stereocenters. The molecular formula is C13H23O4P. The van der Waals surface area contributed by atoms with Gasteiger partial charge in [-0.1, -0.05) is 12.5 Å². The minimum atomic E-state index is -3.45. The highest BCUT2D eigenvalue weighted by Gasteiger charge is 2.60. The van der Waals surface area contributed by atoms with Gasteiger partial charge < -0.3 is 9.05 Å². The molecule has 0 spiro atoms. The van der Waals surface area contributed by atoms with Crippen molar-refractivity contribution >= 4 is 13.4 Å². The summed E-state index contributed by atoms with van der Waals surface area (Å²) in [6.07, 6.45) is 3.93. The van der Waals surface area contributed by atoms with Gasteiger partial charge in [-0.3, -0.25) is 9.36 Å². The van der Waals surface area contributed by atoms with Gasteiger partial charge in [-0.15, -0.1) is 6.58 Å². The summed E-state index contributed by atoms with van der Waals surface area (Å²) in [6.45, 7) is 9.32. The Labute approximate surface area is 109 Å². The fourth-order valence-corrected chi connectivity index (χ4v) is 5.58. The van der Waals surface area contributed by atoms with Crippen LogP contribution in [0.1, 0.15) is 40.0 Å². The van der Waals surface area contributed by atoms with Gasteiger partial charge in [0.05, 0.1) is 13.2 Å². The van der Waals surface area contributed by atoms with E-state index in [1.165, 1.54) is 6.92 Å². The molecule has 0 aromatic rings. The first-order valence-electron chi connectivity index (χ1n) is 6.51. The Bertz CT molecular complexity index is 356. The van der Waals surface area contributed by atoms with Crippen molar-refractivity contribution < 1.29 is 18.4 Å². The van der Waals surface area contributed by atoms with E-state index in [1.54, 1.807) is 19.9 Å². The van der Waals surface area contributed by atoms with Crippen molar-refractivity contribution in [3.05, 3.63) is 12.7 Å². The minimum Gasteiger partial charge on any atom is -0.308 e. The summed E-state index contributed by atoms with van der Waals surface area (Å²) in [5.41, 5.74) is 0. The van der Waals surface area contributed by atoms with Crippen LogP contribution < -0.4 is 0 Å². The van der Waals surface area contributed by atoms with E-state index in [9.17, 15) is 9.36 Å². The maximum absolute atomic E-state index is 13.0. The molecule has 1 saturated carbocycles. The van der Waals surface area contributed by atoms with Gasteiger partial charge in [0.15, 0.2) is 0 Å². The molecule has 0 aliphatic heterocycles. The van der Waals surface area contributed by atoms with E-state index in [1.807, 2.05) is 0 Å². The Morgan fingerprint density at radius 2 is 2.00 bits per heavy atom. The molecule has 0 bridgehead atoms. The van der Waals surface area contributed by atoms with Crippen molar-refractivity contribution in [3.8, 4) is 0 Å². The zero-order valence-corrected chi connectivity index (χ0v) is 12.4. The molecule has 1 rings (SSSR count). The average Bonchev–Trinajstić information content (AvgIpc) is 2.74. The fourth-order valence-electron chi connectivity index (χ4n) is 2.91. The van der Waals surface area contributed by atoms with Crippen molar-refractivity contribution in [3.63, 3.8) is 0 Å². The van der Waals surface area contributed by atoms with Crippen molar-refractivity contribution in [2.75, 3.05) is 13.2 Å². The molecule has 1 aliphatic rings. The van der Waals surface area contributed by atoms with Gasteiger partial charge in [-0.2, -0.15) is 0 Å². The molecule has 2 atom stereocenters. The molecule has 1 fully saturated rings. The highest BCUT2D eigenvalue weighted by Crippen LogP contribution is 2.68. The van der Waals surface area contributed by atoms with Crippen molar-refractivity contribution in [1.29, 1.82) is 0 Å². The van der Waals surface area contributed by atoms with E-state index in [2.05, 4.69) is 6.58 Å². The van der Waals surface area contributed by atoms with Crippen molar-refractivity contribution in [1.82, 2.24) is 0 Å². The molecule has 104 valence electrons. The SMILES string of the molecule is C=C[C@@H]1CCC[C@@]1(C(C)=O)P(=O)(OCC)OCC. The Kier molecular flexibility index (Phi) is 5.32. The van der Waals surface area contributed by atoms with Crippen LogP contribution in [0.5, 0.6) is 0 Å². The highest BCUT2D eigenvalue weighted by atomic mass is 31.2. The van der Waals surface area contributed by atoms with Crippen LogP contribution in [0.25, 0.3) is 0 Å². The summed E-state index contributed by atoms with van der Waals surface area (Å²) in [6, 6.07) is 0. The number of rotatable bonds is 7. The molecule has 4 nitrogen and oxygen atoms in total.